The van der Waals surface area contributed by atoms with Crippen molar-refractivity contribution in [3.63, 3.8) is 0 Å². The maximum absolute atomic E-state index is 11.8. The molecule has 0 spiro atoms. The number of carbonyl (C=O) groups is 1. The van der Waals surface area contributed by atoms with Crippen molar-refractivity contribution < 1.29 is 14.8 Å². The fourth-order valence-electron chi connectivity index (χ4n) is 1.59. The molecule has 1 aromatic heterocycles. The van der Waals surface area contributed by atoms with E-state index >= 15 is 0 Å². The molecule has 0 atom stereocenters. The summed E-state index contributed by atoms with van der Waals surface area (Å²) in [5.41, 5.74) is 3.18. The van der Waals surface area contributed by atoms with Crippen LogP contribution in [-0.4, -0.2) is 22.0 Å². The minimum absolute atomic E-state index is 0.327. The van der Waals surface area contributed by atoms with E-state index in [2.05, 4.69) is 15.5 Å². The SMILES string of the molecule is Cc1ccc(C(=O)NN=Cc2ccc([O-])c([N+](=O)[O-])c2)cn1. The topological polar surface area (TPSA) is 121 Å². The quantitative estimate of drug-likeness (QED) is 0.515. The molecular formula is C14H11N4O4-. The van der Waals surface area contributed by atoms with Gasteiger partial charge in [-0.1, -0.05) is 12.1 Å². The van der Waals surface area contributed by atoms with E-state index < -0.39 is 22.3 Å². The average Bonchev–Trinajstić information content (AvgIpc) is 2.49. The van der Waals surface area contributed by atoms with Crippen LogP contribution in [0.25, 0.3) is 0 Å². The molecular weight excluding hydrogens is 288 g/mol. The second-order valence-electron chi connectivity index (χ2n) is 4.37. The van der Waals surface area contributed by atoms with Gasteiger partial charge in [-0.25, -0.2) is 5.43 Å². The molecule has 2 rings (SSSR count). The van der Waals surface area contributed by atoms with Crippen LogP contribution in [0.3, 0.4) is 0 Å². The summed E-state index contributed by atoms with van der Waals surface area (Å²) in [7, 11) is 0. The maximum atomic E-state index is 11.8. The highest BCUT2D eigenvalue weighted by Gasteiger charge is 2.07. The maximum Gasteiger partial charge on any atom is 0.272 e. The molecule has 1 aromatic carbocycles. The molecule has 0 fully saturated rings. The summed E-state index contributed by atoms with van der Waals surface area (Å²) in [4.78, 5) is 25.6. The summed E-state index contributed by atoms with van der Waals surface area (Å²) in [5.74, 6) is -1.14. The number of aromatic nitrogens is 1. The van der Waals surface area contributed by atoms with E-state index in [1.807, 2.05) is 0 Å². The van der Waals surface area contributed by atoms with Crippen LogP contribution in [-0.2, 0) is 0 Å². The lowest BCUT2D eigenvalue weighted by Gasteiger charge is -2.06. The van der Waals surface area contributed by atoms with Gasteiger partial charge in [0.1, 0.15) is 0 Å². The van der Waals surface area contributed by atoms with Crippen molar-refractivity contribution in [1.82, 2.24) is 10.4 Å². The molecule has 0 saturated heterocycles. The highest BCUT2D eigenvalue weighted by molar-refractivity contribution is 5.94. The number of benzene rings is 1. The van der Waals surface area contributed by atoms with Crippen LogP contribution in [0.15, 0.2) is 41.6 Å². The molecule has 22 heavy (non-hydrogen) atoms. The Kier molecular flexibility index (Phi) is 4.42. The first-order valence-corrected chi connectivity index (χ1v) is 6.19. The molecule has 0 saturated carbocycles. The normalized spacial score (nSPS) is 10.6. The van der Waals surface area contributed by atoms with Crippen molar-refractivity contribution in [2.24, 2.45) is 5.10 Å². The van der Waals surface area contributed by atoms with Crippen LogP contribution in [0.5, 0.6) is 5.75 Å². The molecule has 8 heteroatoms. The number of aryl methyl sites for hydroxylation is 1. The van der Waals surface area contributed by atoms with Gasteiger partial charge in [-0.2, -0.15) is 5.10 Å². The largest absolute Gasteiger partial charge is 0.868 e. The van der Waals surface area contributed by atoms with Gasteiger partial charge >= 0.3 is 0 Å². The molecule has 1 amide bonds. The van der Waals surface area contributed by atoms with Crippen LogP contribution < -0.4 is 10.5 Å². The zero-order chi connectivity index (χ0) is 16.1. The summed E-state index contributed by atoms with van der Waals surface area (Å²) >= 11 is 0. The molecule has 0 aliphatic rings. The first kappa shape index (κ1) is 15.1. The molecule has 2 aromatic rings. The van der Waals surface area contributed by atoms with Crippen LogP contribution in [0, 0.1) is 17.0 Å². The zero-order valence-electron chi connectivity index (χ0n) is 11.5. The smallest absolute Gasteiger partial charge is 0.272 e. The van der Waals surface area contributed by atoms with Gasteiger partial charge < -0.3 is 5.11 Å². The lowest BCUT2D eigenvalue weighted by Crippen LogP contribution is -2.17. The van der Waals surface area contributed by atoms with Crippen LogP contribution in [0.1, 0.15) is 21.6 Å². The number of rotatable bonds is 4. The number of hydrazone groups is 1. The fourth-order valence-corrected chi connectivity index (χ4v) is 1.59. The third-order valence-electron chi connectivity index (χ3n) is 2.73. The van der Waals surface area contributed by atoms with Crippen molar-refractivity contribution in [2.75, 3.05) is 0 Å². The number of nitro groups is 1. The van der Waals surface area contributed by atoms with E-state index in [0.717, 1.165) is 17.8 Å². The van der Waals surface area contributed by atoms with E-state index in [4.69, 9.17) is 0 Å². The third-order valence-corrected chi connectivity index (χ3v) is 2.73. The molecule has 0 bridgehead atoms. The summed E-state index contributed by atoms with van der Waals surface area (Å²) < 4.78 is 0. The van der Waals surface area contributed by atoms with Crippen molar-refractivity contribution in [3.05, 3.63) is 63.5 Å². The van der Waals surface area contributed by atoms with Crippen LogP contribution in [0.2, 0.25) is 0 Å². The van der Waals surface area contributed by atoms with Gasteiger partial charge in [-0.15, -0.1) is 0 Å². The Morgan fingerprint density at radius 3 is 2.77 bits per heavy atom. The van der Waals surface area contributed by atoms with Gasteiger partial charge in [-0.05, 0) is 24.8 Å². The number of pyridine rings is 1. The van der Waals surface area contributed by atoms with Gasteiger partial charge in [-0.3, -0.25) is 19.9 Å². The lowest BCUT2D eigenvalue weighted by molar-refractivity contribution is -0.398. The number of nitrogens with zero attached hydrogens (tertiary/aromatic N) is 3. The molecule has 1 N–H and O–H groups in total. The number of amides is 1. The second-order valence-corrected chi connectivity index (χ2v) is 4.37. The number of hydrogen-bond acceptors (Lipinski definition) is 6. The molecule has 0 radical (unpaired) electrons. The highest BCUT2D eigenvalue weighted by atomic mass is 16.6. The molecule has 1 heterocycles. The predicted molar refractivity (Wildman–Crippen MR) is 76.6 cm³/mol. The summed E-state index contributed by atoms with van der Waals surface area (Å²) in [6, 6.07) is 6.83. The van der Waals surface area contributed by atoms with Crippen molar-refractivity contribution in [2.45, 2.75) is 6.92 Å². The minimum atomic E-state index is -0.768. The molecule has 0 aliphatic heterocycles. The Morgan fingerprint density at radius 1 is 1.36 bits per heavy atom. The predicted octanol–water partition coefficient (Wildman–Crippen LogP) is 1.14. The zero-order valence-corrected chi connectivity index (χ0v) is 11.5. The van der Waals surface area contributed by atoms with Crippen LogP contribution in [0.4, 0.5) is 5.69 Å². The summed E-state index contributed by atoms with van der Waals surface area (Å²) in [6.07, 6.45) is 2.63. The van der Waals surface area contributed by atoms with Crippen molar-refractivity contribution in [3.8, 4) is 5.75 Å². The molecule has 8 nitrogen and oxygen atoms in total. The second kappa shape index (κ2) is 6.44. The standard InChI is InChI=1S/C14H12N4O4/c1-9-2-4-11(8-15-9)14(20)17-16-7-10-3-5-13(19)12(6-10)18(21)22/h2-8,19H,1H3,(H,17,20)/p-1. The van der Waals surface area contributed by atoms with E-state index in [1.165, 1.54) is 18.5 Å². The third kappa shape index (κ3) is 3.63. The van der Waals surface area contributed by atoms with E-state index in [9.17, 15) is 20.0 Å². The number of hydrogen-bond donors (Lipinski definition) is 1. The summed E-state index contributed by atoms with van der Waals surface area (Å²) in [6.45, 7) is 1.80. The van der Waals surface area contributed by atoms with Crippen molar-refractivity contribution in [1.29, 1.82) is 0 Å². The highest BCUT2D eigenvalue weighted by Crippen LogP contribution is 2.22. The number of carbonyl (C=O) groups excluding carboxylic acids is 1. The van der Waals surface area contributed by atoms with Gasteiger partial charge in [0.2, 0.25) is 0 Å². The van der Waals surface area contributed by atoms with Gasteiger partial charge in [0.25, 0.3) is 11.6 Å². The fraction of sp³-hybridized carbons (Fsp3) is 0.0714. The Hall–Kier alpha value is -3.29. The average molecular weight is 299 g/mol. The number of nitro benzene ring substituents is 1. The number of nitrogens with one attached hydrogen (secondary N) is 1. The Bertz CT molecular complexity index is 741. The van der Waals surface area contributed by atoms with Crippen LogP contribution >= 0.6 is 0 Å². The summed E-state index contributed by atoms with van der Waals surface area (Å²) in [5, 5.41) is 25.6. The molecule has 112 valence electrons. The van der Waals surface area contributed by atoms with E-state index in [0.29, 0.717) is 11.1 Å². The van der Waals surface area contributed by atoms with Crippen molar-refractivity contribution >= 4 is 17.8 Å². The van der Waals surface area contributed by atoms with Gasteiger partial charge in [0.15, 0.2) is 0 Å². The van der Waals surface area contributed by atoms with E-state index in [-0.39, 0.29) is 0 Å². The monoisotopic (exact) mass is 299 g/mol. The first-order valence-electron chi connectivity index (χ1n) is 6.19. The van der Waals surface area contributed by atoms with Gasteiger partial charge in [0, 0.05) is 23.5 Å². The van der Waals surface area contributed by atoms with Gasteiger partial charge in [0.05, 0.1) is 16.7 Å². The Morgan fingerprint density at radius 2 is 2.14 bits per heavy atom. The molecule has 0 unspecified atom stereocenters. The first-order chi connectivity index (χ1) is 10.5. The minimum Gasteiger partial charge on any atom is -0.868 e. The Labute approximate surface area is 125 Å². The Balaban J connectivity index is 2.06. The van der Waals surface area contributed by atoms with E-state index in [1.54, 1.807) is 19.1 Å². The molecule has 0 aliphatic carbocycles. The lowest BCUT2D eigenvalue weighted by atomic mass is 10.2.